The molecule has 1 aliphatic carbocycles. The van der Waals surface area contributed by atoms with Crippen molar-refractivity contribution in [1.82, 2.24) is 9.21 Å². The number of ether oxygens (including phenoxy) is 1. The van der Waals surface area contributed by atoms with Crippen molar-refractivity contribution in [3.63, 3.8) is 0 Å². The molecule has 0 radical (unpaired) electrons. The summed E-state index contributed by atoms with van der Waals surface area (Å²) in [4.78, 5) is 3.65. The van der Waals surface area contributed by atoms with Gasteiger partial charge in [0.1, 0.15) is 11.0 Å². The van der Waals surface area contributed by atoms with Crippen LogP contribution >= 0.6 is 0 Å². The number of hydrogen-bond donors (Lipinski definition) is 0. The third-order valence-electron chi connectivity index (χ3n) is 6.28. The van der Waals surface area contributed by atoms with Gasteiger partial charge in [-0.2, -0.15) is 0 Å². The van der Waals surface area contributed by atoms with Crippen LogP contribution in [-0.2, 0) is 15.7 Å². The van der Waals surface area contributed by atoms with E-state index in [4.69, 9.17) is 4.74 Å². The van der Waals surface area contributed by atoms with Gasteiger partial charge in [0.15, 0.2) is 0 Å². The average molecular weight is 363 g/mol. The summed E-state index contributed by atoms with van der Waals surface area (Å²) in [6.07, 6.45) is 3.85. The second-order valence-corrected chi connectivity index (χ2v) is 9.74. The first-order chi connectivity index (χ1) is 12.0. The fourth-order valence-corrected chi connectivity index (χ4v) is 6.82. The summed E-state index contributed by atoms with van der Waals surface area (Å²) >= 11 is 0. The Bertz CT molecular complexity index is 655. The summed E-state index contributed by atoms with van der Waals surface area (Å²) in [7, 11) is -1.01. The number of benzene rings is 1. The minimum absolute atomic E-state index is 0.408. The molecule has 1 saturated carbocycles. The molecule has 0 amide bonds. The summed E-state index contributed by atoms with van der Waals surface area (Å²) < 4.78 is 20.8. The van der Waals surface area contributed by atoms with Gasteiger partial charge in [-0.05, 0) is 56.6 Å². The van der Waals surface area contributed by atoms with Crippen LogP contribution in [0.1, 0.15) is 36.0 Å². The van der Waals surface area contributed by atoms with Gasteiger partial charge in [0.05, 0.1) is 18.1 Å². The molecule has 4 rings (SSSR count). The van der Waals surface area contributed by atoms with Gasteiger partial charge in [0, 0.05) is 32.2 Å². The van der Waals surface area contributed by atoms with E-state index in [-0.39, 0.29) is 0 Å². The maximum Gasteiger partial charge on any atom is 0.128 e. The van der Waals surface area contributed by atoms with Crippen molar-refractivity contribution < 1.29 is 8.95 Å². The van der Waals surface area contributed by atoms with Gasteiger partial charge in [-0.1, -0.05) is 17.7 Å². The summed E-state index contributed by atoms with van der Waals surface area (Å²) in [5.74, 6) is 0. The van der Waals surface area contributed by atoms with E-state index in [1.807, 2.05) is 0 Å². The molecule has 2 unspecified atom stereocenters. The Kier molecular flexibility index (Phi) is 4.78. The molecule has 1 aromatic carbocycles. The van der Waals surface area contributed by atoms with Crippen molar-refractivity contribution in [1.29, 1.82) is 0 Å². The van der Waals surface area contributed by atoms with Gasteiger partial charge < -0.3 is 4.74 Å². The van der Waals surface area contributed by atoms with Crippen molar-refractivity contribution in [3.05, 3.63) is 28.8 Å². The molecule has 3 aliphatic rings. The molecule has 1 spiro atoms. The SMILES string of the molecule is Cc1cc(C)c(S(=O)N2CC3(CCC(N4CCOCC4)C3)C2)c(C)c1. The highest BCUT2D eigenvalue weighted by molar-refractivity contribution is 7.82. The molecular formula is C20H30N2O2S. The molecule has 4 nitrogen and oxygen atoms in total. The molecule has 2 atom stereocenters. The van der Waals surface area contributed by atoms with Crippen LogP contribution in [0.5, 0.6) is 0 Å². The summed E-state index contributed by atoms with van der Waals surface area (Å²) in [5, 5.41) is 0. The molecule has 1 aromatic rings. The Morgan fingerprint density at radius 1 is 1.12 bits per heavy atom. The van der Waals surface area contributed by atoms with Gasteiger partial charge in [0.25, 0.3) is 0 Å². The predicted molar refractivity (Wildman–Crippen MR) is 101 cm³/mol. The van der Waals surface area contributed by atoms with Gasteiger partial charge in [-0.15, -0.1) is 0 Å². The third-order valence-corrected chi connectivity index (χ3v) is 8.00. The monoisotopic (exact) mass is 362 g/mol. The first kappa shape index (κ1) is 17.7. The van der Waals surface area contributed by atoms with Gasteiger partial charge in [0.2, 0.25) is 0 Å². The van der Waals surface area contributed by atoms with E-state index in [1.165, 1.54) is 24.8 Å². The number of rotatable bonds is 3. The number of hydrogen-bond acceptors (Lipinski definition) is 3. The zero-order valence-electron chi connectivity index (χ0n) is 15.7. The minimum Gasteiger partial charge on any atom is -0.379 e. The second kappa shape index (κ2) is 6.76. The smallest absolute Gasteiger partial charge is 0.128 e. The average Bonchev–Trinajstić information content (AvgIpc) is 2.99. The summed E-state index contributed by atoms with van der Waals surface area (Å²) in [6.45, 7) is 12.2. The molecule has 2 aliphatic heterocycles. The second-order valence-electron chi connectivity index (χ2n) is 8.32. The van der Waals surface area contributed by atoms with Crippen molar-refractivity contribution >= 4 is 11.0 Å². The van der Waals surface area contributed by atoms with E-state index < -0.39 is 11.0 Å². The highest BCUT2D eigenvalue weighted by Gasteiger charge is 2.51. The summed E-state index contributed by atoms with van der Waals surface area (Å²) in [5.41, 5.74) is 3.98. The van der Waals surface area contributed by atoms with Crippen LogP contribution in [0.25, 0.3) is 0 Å². The zero-order chi connectivity index (χ0) is 17.6. The van der Waals surface area contributed by atoms with E-state index in [2.05, 4.69) is 42.1 Å². The lowest BCUT2D eigenvalue weighted by atomic mass is 9.80. The van der Waals surface area contributed by atoms with Gasteiger partial charge >= 0.3 is 0 Å². The summed E-state index contributed by atoms with van der Waals surface area (Å²) in [6, 6.07) is 5.02. The molecule has 25 heavy (non-hydrogen) atoms. The molecule has 0 aromatic heterocycles. The Labute approximate surface area is 154 Å². The van der Waals surface area contributed by atoms with Crippen molar-refractivity contribution in [2.24, 2.45) is 5.41 Å². The van der Waals surface area contributed by atoms with E-state index in [0.717, 1.165) is 55.4 Å². The molecule has 0 bridgehead atoms. The number of nitrogens with zero attached hydrogens (tertiary/aromatic N) is 2. The lowest BCUT2D eigenvalue weighted by Gasteiger charge is -2.48. The van der Waals surface area contributed by atoms with E-state index in [9.17, 15) is 4.21 Å². The topological polar surface area (TPSA) is 32.8 Å². The normalized spacial score (nSPS) is 28.2. The molecule has 3 fully saturated rings. The van der Waals surface area contributed by atoms with E-state index >= 15 is 0 Å². The zero-order valence-corrected chi connectivity index (χ0v) is 16.5. The Morgan fingerprint density at radius 2 is 1.76 bits per heavy atom. The van der Waals surface area contributed by atoms with Crippen molar-refractivity contribution in [3.8, 4) is 0 Å². The lowest BCUT2D eigenvalue weighted by Crippen LogP contribution is -2.56. The molecule has 2 heterocycles. The van der Waals surface area contributed by atoms with Crippen LogP contribution in [0.15, 0.2) is 17.0 Å². The molecule has 138 valence electrons. The fourth-order valence-electron chi connectivity index (χ4n) is 5.11. The number of morpholine rings is 1. The largest absolute Gasteiger partial charge is 0.379 e. The van der Waals surface area contributed by atoms with Gasteiger partial charge in [-0.3, -0.25) is 4.90 Å². The van der Waals surface area contributed by atoms with Crippen LogP contribution in [-0.4, -0.2) is 58.8 Å². The van der Waals surface area contributed by atoms with Crippen LogP contribution in [0.4, 0.5) is 0 Å². The predicted octanol–water partition coefficient (Wildman–Crippen LogP) is 2.82. The van der Waals surface area contributed by atoms with Crippen LogP contribution < -0.4 is 0 Å². The van der Waals surface area contributed by atoms with E-state index in [0.29, 0.717) is 11.5 Å². The van der Waals surface area contributed by atoms with Crippen molar-refractivity contribution in [2.75, 3.05) is 39.4 Å². The standard InChI is InChI=1S/C20H30N2O2S/c1-15-10-16(2)19(17(3)11-15)25(23)22-13-20(14-22)5-4-18(12-20)21-6-8-24-9-7-21/h10-11,18H,4-9,12-14H2,1-3H3. The van der Waals surface area contributed by atoms with Crippen LogP contribution in [0.3, 0.4) is 0 Å². The maximum atomic E-state index is 13.1. The lowest BCUT2D eigenvalue weighted by molar-refractivity contribution is 0.00863. The van der Waals surface area contributed by atoms with Crippen molar-refractivity contribution in [2.45, 2.75) is 51.0 Å². The first-order valence-corrected chi connectivity index (χ1v) is 10.6. The first-order valence-electron chi connectivity index (χ1n) is 9.54. The quantitative estimate of drug-likeness (QED) is 0.829. The Hall–Kier alpha value is -0.750. The Morgan fingerprint density at radius 3 is 2.40 bits per heavy atom. The molecule has 5 heteroatoms. The molecule has 0 N–H and O–H groups in total. The highest BCUT2D eigenvalue weighted by Crippen LogP contribution is 2.48. The van der Waals surface area contributed by atoms with Crippen LogP contribution in [0, 0.1) is 26.2 Å². The highest BCUT2D eigenvalue weighted by atomic mass is 32.2. The molecule has 2 saturated heterocycles. The minimum atomic E-state index is -1.01. The van der Waals surface area contributed by atoms with Crippen LogP contribution in [0.2, 0.25) is 0 Å². The van der Waals surface area contributed by atoms with Gasteiger partial charge in [-0.25, -0.2) is 8.51 Å². The Balaban J connectivity index is 1.40. The van der Waals surface area contributed by atoms with E-state index in [1.54, 1.807) is 0 Å². The number of aryl methyl sites for hydroxylation is 3. The third kappa shape index (κ3) is 3.32. The molecular weight excluding hydrogens is 332 g/mol. The fraction of sp³-hybridized carbons (Fsp3) is 0.700. The maximum absolute atomic E-state index is 13.1.